The summed E-state index contributed by atoms with van der Waals surface area (Å²) < 4.78 is 0. The lowest BCUT2D eigenvalue weighted by Gasteiger charge is -2.12. The van der Waals surface area contributed by atoms with Gasteiger partial charge in [-0.1, -0.05) is 30.7 Å². The highest BCUT2D eigenvalue weighted by molar-refractivity contribution is 5.50. The average Bonchev–Trinajstić information content (AvgIpc) is 2.05. The number of carbonyl (C=O) groups is 1. The third kappa shape index (κ3) is 5.36. The predicted octanol–water partition coefficient (Wildman–Crippen LogP) is 2.09. The fourth-order valence-corrected chi connectivity index (χ4v) is 1.16. The number of aliphatic hydroxyl groups is 1. The fraction of sp³-hybridized carbons (Fsp3) is 0.545. The van der Waals surface area contributed by atoms with Crippen LogP contribution in [0.5, 0.6) is 0 Å². The molecule has 0 bridgehead atoms. The van der Waals surface area contributed by atoms with Crippen LogP contribution in [0.1, 0.15) is 27.2 Å². The first-order valence-corrected chi connectivity index (χ1v) is 4.54. The summed E-state index contributed by atoms with van der Waals surface area (Å²) in [6, 6.07) is 0. The van der Waals surface area contributed by atoms with Crippen LogP contribution in [0.25, 0.3) is 0 Å². The molecular formula is C11H18O2. The van der Waals surface area contributed by atoms with E-state index >= 15 is 0 Å². The van der Waals surface area contributed by atoms with Gasteiger partial charge in [0.2, 0.25) is 0 Å². The Hall–Kier alpha value is -0.890. The third-order valence-electron chi connectivity index (χ3n) is 1.90. The molecule has 0 rings (SSSR count). The zero-order valence-corrected chi connectivity index (χ0v) is 8.53. The number of aldehydes is 1. The van der Waals surface area contributed by atoms with Crippen molar-refractivity contribution in [2.24, 2.45) is 5.92 Å². The van der Waals surface area contributed by atoms with Crippen molar-refractivity contribution in [3.8, 4) is 0 Å². The van der Waals surface area contributed by atoms with E-state index in [-0.39, 0.29) is 12.3 Å². The van der Waals surface area contributed by atoms with Crippen molar-refractivity contribution in [3.63, 3.8) is 0 Å². The van der Waals surface area contributed by atoms with Crippen LogP contribution in [0.4, 0.5) is 0 Å². The fourth-order valence-electron chi connectivity index (χ4n) is 1.16. The molecule has 0 spiro atoms. The van der Waals surface area contributed by atoms with Gasteiger partial charge in [-0.3, -0.25) is 0 Å². The van der Waals surface area contributed by atoms with E-state index in [2.05, 4.69) is 0 Å². The van der Waals surface area contributed by atoms with Crippen LogP contribution in [-0.2, 0) is 4.79 Å². The molecule has 0 saturated heterocycles. The molecule has 1 N–H and O–H groups in total. The van der Waals surface area contributed by atoms with E-state index in [1.165, 1.54) is 0 Å². The molecule has 2 atom stereocenters. The number of carbonyl (C=O) groups excluding carboxylic acids is 1. The first kappa shape index (κ1) is 12.1. The SMILES string of the molecule is C/C=C\C(C)=C\[C@H](C)[C@@H](O)CC=O. The Balaban J connectivity index is 4.17. The normalized spacial score (nSPS) is 17.4. The van der Waals surface area contributed by atoms with E-state index in [4.69, 9.17) is 0 Å². The summed E-state index contributed by atoms with van der Waals surface area (Å²) in [5.41, 5.74) is 1.11. The van der Waals surface area contributed by atoms with E-state index < -0.39 is 6.10 Å². The zero-order chi connectivity index (χ0) is 10.3. The summed E-state index contributed by atoms with van der Waals surface area (Å²) >= 11 is 0. The minimum absolute atomic E-state index is 0.0291. The summed E-state index contributed by atoms with van der Waals surface area (Å²) in [6.07, 6.45) is 6.29. The molecule has 0 aliphatic rings. The molecule has 0 heterocycles. The van der Waals surface area contributed by atoms with Gasteiger partial charge in [-0.15, -0.1) is 0 Å². The van der Waals surface area contributed by atoms with Crippen LogP contribution >= 0.6 is 0 Å². The lowest BCUT2D eigenvalue weighted by molar-refractivity contribution is -0.109. The first-order chi connectivity index (χ1) is 6.11. The van der Waals surface area contributed by atoms with Crippen molar-refractivity contribution in [2.45, 2.75) is 33.3 Å². The van der Waals surface area contributed by atoms with Gasteiger partial charge in [0, 0.05) is 12.3 Å². The Labute approximate surface area is 80.0 Å². The minimum atomic E-state index is -0.558. The Morgan fingerprint density at radius 3 is 2.62 bits per heavy atom. The van der Waals surface area contributed by atoms with E-state index in [9.17, 15) is 9.90 Å². The number of allylic oxidation sites excluding steroid dienone is 3. The van der Waals surface area contributed by atoms with Gasteiger partial charge < -0.3 is 9.90 Å². The summed E-state index contributed by atoms with van der Waals surface area (Å²) in [4.78, 5) is 10.1. The number of hydrogen-bond acceptors (Lipinski definition) is 2. The lowest BCUT2D eigenvalue weighted by atomic mass is 10.00. The number of rotatable bonds is 5. The van der Waals surface area contributed by atoms with Gasteiger partial charge in [0.25, 0.3) is 0 Å². The van der Waals surface area contributed by atoms with Crippen LogP contribution < -0.4 is 0 Å². The standard InChI is InChI=1S/C11H18O2/c1-4-5-9(2)8-10(3)11(13)6-7-12/h4-5,7-8,10-11,13H,6H2,1-3H3/b5-4-,9-8+/t10-,11-/m0/s1. The molecule has 0 aromatic carbocycles. The number of hydrogen-bond donors (Lipinski definition) is 1. The van der Waals surface area contributed by atoms with Crippen molar-refractivity contribution in [1.82, 2.24) is 0 Å². The van der Waals surface area contributed by atoms with E-state index in [0.29, 0.717) is 0 Å². The van der Waals surface area contributed by atoms with Crippen LogP contribution in [0.2, 0.25) is 0 Å². The van der Waals surface area contributed by atoms with Crippen molar-refractivity contribution in [2.75, 3.05) is 0 Å². The molecule has 0 aliphatic carbocycles. The second-order valence-corrected chi connectivity index (χ2v) is 3.24. The van der Waals surface area contributed by atoms with Crippen LogP contribution in [-0.4, -0.2) is 17.5 Å². The van der Waals surface area contributed by atoms with Gasteiger partial charge in [-0.2, -0.15) is 0 Å². The van der Waals surface area contributed by atoms with Gasteiger partial charge in [-0.05, 0) is 13.8 Å². The molecule has 0 saturated carbocycles. The highest BCUT2D eigenvalue weighted by atomic mass is 16.3. The van der Waals surface area contributed by atoms with Crippen LogP contribution in [0.3, 0.4) is 0 Å². The molecular weight excluding hydrogens is 164 g/mol. The monoisotopic (exact) mass is 182 g/mol. The molecule has 0 amide bonds. The topological polar surface area (TPSA) is 37.3 Å². The predicted molar refractivity (Wildman–Crippen MR) is 54.4 cm³/mol. The average molecular weight is 182 g/mol. The van der Waals surface area contributed by atoms with E-state index in [1.54, 1.807) is 0 Å². The summed E-state index contributed by atoms with van der Waals surface area (Å²) in [6.45, 7) is 5.83. The Morgan fingerprint density at radius 2 is 2.15 bits per heavy atom. The molecule has 2 heteroatoms. The smallest absolute Gasteiger partial charge is 0.122 e. The van der Waals surface area contributed by atoms with E-state index in [1.807, 2.05) is 39.0 Å². The first-order valence-electron chi connectivity index (χ1n) is 4.54. The van der Waals surface area contributed by atoms with Gasteiger partial charge in [0.15, 0.2) is 0 Å². The largest absolute Gasteiger partial charge is 0.392 e. The zero-order valence-electron chi connectivity index (χ0n) is 8.53. The van der Waals surface area contributed by atoms with Gasteiger partial charge in [0.05, 0.1) is 6.10 Å². The van der Waals surface area contributed by atoms with Crippen LogP contribution in [0.15, 0.2) is 23.8 Å². The van der Waals surface area contributed by atoms with E-state index in [0.717, 1.165) is 11.9 Å². The summed E-state index contributed by atoms with van der Waals surface area (Å²) in [5, 5.41) is 9.43. The number of aliphatic hydroxyl groups excluding tert-OH is 1. The third-order valence-corrected chi connectivity index (χ3v) is 1.90. The Morgan fingerprint density at radius 1 is 1.54 bits per heavy atom. The van der Waals surface area contributed by atoms with Gasteiger partial charge in [0.1, 0.15) is 6.29 Å². The second-order valence-electron chi connectivity index (χ2n) is 3.24. The molecule has 0 fully saturated rings. The maximum atomic E-state index is 10.1. The van der Waals surface area contributed by atoms with Crippen molar-refractivity contribution < 1.29 is 9.90 Å². The maximum Gasteiger partial charge on any atom is 0.122 e. The van der Waals surface area contributed by atoms with Crippen LogP contribution in [0, 0.1) is 5.92 Å². The van der Waals surface area contributed by atoms with Crippen molar-refractivity contribution in [3.05, 3.63) is 23.8 Å². The highest BCUT2D eigenvalue weighted by Crippen LogP contribution is 2.10. The molecule has 0 aliphatic heterocycles. The molecule has 2 nitrogen and oxygen atoms in total. The van der Waals surface area contributed by atoms with Gasteiger partial charge in [-0.25, -0.2) is 0 Å². The Bertz CT molecular complexity index is 204. The highest BCUT2D eigenvalue weighted by Gasteiger charge is 2.10. The molecule has 74 valence electrons. The quantitative estimate of drug-likeness (QED) is 0.522. The van der Waals surface area contributed by atoms with Crippen molar-refractivity contribution in [1.29, 1.82) is 0 Å². The molecule has 0 aromatic rings. The maximum absolute atomic E-state index is 10.1. The van der Waals surface area contributed by atoms with Crippen molar-refractivity contribution >= 4 is 6.29 Å². The lowest BCUT2D eigenvalue weighted by Crippen LogP contribution is -2.16. The molecule has 0 unspecified atom stereocenters. The molecule has 0 radical (unpaired) electrons. The minimum Gasteiger partial charge on any atom is -0.392 e. The van der Waals surface area contributed by atoms with Gasteiger partial charge >= 0.3 is 0 Å². The summed E-state index contributed by atoms with van der Waals surface area (Å²) in [5.74, 6) is 0.0291. The Kier molecular flexibility index (Phi) is 6.15. The second kappa shape index (κ2) is 6.61. The molecule has 0 aromatic heterocycles. The molecule has 13 heavy (non-hydrogen) atoms. The summed E-state index contributed by atoms with van der Waals surface area (Å²) in [7, 11) is 0.